The number of phenols is 1. The Bertz CT molecular complexity index is 3320. The van der Waals surface area contributed by atoms with Crippen molar-refractivity contribution in [3.05, 3.63) is 167 Å². The molecule has 0 aliphatic rings. The van der Waals surface area contributed by atoms with Crippen molar-refractivity contribution in [2.24, 2.45) is 0 Å². The minimum Gasteiger partial charge on any atom is -0.507 e. The average molecular weight is 796 g/mol. The Morgan fingerprint density at radius 1 is 0.567 bits per heavy atom. The predicted octanol–water partition coefficient (Wildman–Crippen LogP) is 15.0. The maximum absolute atomic E-state index is 11.9. The number of aromatic hydroxyl groups is 1. The van der Waals surface area contributed by atoms with Crippen LogP contribution in [-0.2, 0) is 16.2 Å². The van der Waals surface area contributed by atoms with E-state index in [1.807, 2.05) is 56.3 Å². The Morgan fingerprint density at radius 3 is 1.92 bits per heavy atom. The van der Waals surface area contributed by atoms with Gasteiger partial charge in [0.2, 0.25) is 0 Å². The van der Waals surface area contributed by atoms with Crippen LogP contribution in [0.25, 0.3) is 72.7 Å². The van der Waals surface area contributed by atoms with Gasteiger partial charge in [0.05, 0.1) is 38.9 Å². The number of rotatable bonds is 6. The number of hydrogen-bond acceptors (Lipinski definition) is 3. The lowest BCUT2D eigenvalue weighted by molar-refractivity contribution is 0.472. The summed E-state index contributed by atoms with van der Waals surface area (Å²) in [5.41, 5.74) is 10.5. The fourth-order valence-electron chi connectivity index (χ4n) is 7.77. The molecule has 0 atom stereocenters. The second kappa shape index (κ2) is 15.1. The number of imidazole rings is 1. The first kappa shape index (κ1) is 31.6. The Morgan fingerprint density at radius 2 is 1.23 bits per heavy atom. The maximum atomic E-state index is 11.9. The summed E-state index contributed by atoms with van der Waals surface area (Å²) in [4.78, 5) is 9.96. The van der Waals surface area contributed by atoms with Gasteiger partial charge in [0.15, 0.2) is 0 Å². The molecule has 0 bridgehead atoms. The molecule has 8 rings (SSSR count). The number of fused-ring (bicyclic) bond motifs is 1. The van der Waals surface area contributed by atoms with Crippen molar-refractivity contribution in [1.29, 1.82) is 0 Å². The van der Waals surface area contributed by atoms with Gasteiger partial charge in [0.25, 0.3) is 0 Å². The van der Waals surface area contributed by atoms with Gasteiger partial charge in [-0.1, -0.05) is 153 Å². The normalized spacial score (nSPS) is 14.2. The Kier molecular flexibility index (Phi) is 7.95. The van der Waals surface area contributed by atoms with E-state index < -0.39 is 47.8 Å². The van der Waals surface area contributed by atoms with E-state index in [1.165, 1.54) is 5.56 Å². The monoisotopic (exact) mass is 796 g/mol. The number of nitrogens with zero attached hydrogens (tertiary/aromatic N) is 3. The van der Waals surface area contributed by atoms with Crippen LogP contribution in [0.3, 0.4) is 0 Å². The minimum absolute atomic E-state index is 0.0276. The summed E-state index contributed by atoms with van der Waals surface area (Å²) in [6.45, 7) is 23.3. The van der Waals surface area contributed by atoms with E-state index in [9.17, 15) is 6.48 Å². The SMILES string of the molecule is [2H]c1nc(-c2cc(-c3cccc4c3nc(-c3cc(C)cc(C)c3O)n4-c3cc(C(C)(C)C)ccc3-c3ccc(C(C)(C)C)cc3)cc(C(C)(C)C)c2)c([2H])c(-c2c([2H])c([2H])c([2H])c([2H])c2[2H])c1[2H]. The molecule has 0 amide bonds. The third-order valence-corrected chi connectivity index (χ3v) is 11.3. The summed E-state index contributed by atoms with van der Waals surface area (Å²) < 4.78 is 71.6. The third kappa shape index (κ3) is 7.79. The molecular weight excluding hydrogens is 731 g/mol. The molecule has 0 radical (unpaired) electrons. The summed E-state index contributed by atoms with van der Waals surface area (Å²) in [5.74, 6) is 0.674. The van der Waals surface area contributed by atoms with Crippen LogP contribution in [0.5, 0.6) is 5.75 Å². The molecule has 2 heterocycles. The first-order chi connectivity index (χ1) is 31.7. The van der Waals surface area contributed by atoms with E-state index in [2.05, 4.69) is 120 Å². The number of aryl methyl sites for hydroxylation is 2. The molecule has 0 saturated carbocycles. The molecule has 60 heavy (non-hydrogen) atoms. The zero-order valence-electron chi connectivity index (χ0n) is 44.4. The molecule has 0 unspecified atom stereocenters. The topological polar surface area (TPSA) is 50.9 Å². The van der Waals surface area contributed by atoms with Crippen LogP contribution in [0.15, 0.2) is 139 Å². The van der Waals surface area contributed by atoms with Gasteiger partial charge < -0.3 is 5.11 Å². The second-order valence-corrected chi connectivity index (χ2v) is 19.0. The highest BCUT2D eigenvalue weighted by atomic mass is 16.3. The molecule has 0 fully saturated rings. The van der Waals surface area contributed by atoms with Crippen molar-refractivity contribution in [3.8, 4) is 67.5 Å². The lowest BCUT2D eigenvalue weighted by Gasteiger charge is -2.24. The molecule has 4 nitrogen and oxygen atoms in total. The molecule has 2 aromatic heterocycles. The summed E-state index contributed by atoms with van der Waals surface area (Å²) >= 11 is 0. The molecule has 302 valence electrons. The van der Waals surface area contributed by atoms with Crippen LogP contribution in [0.4, 0.5) is 0 Å². The summed E-state index contributed by atoms with van der Waals surface area (Å²) in [6.07, 6.45) is -0.499. The Hall–Kier alpha value is -6.26. The van der Waals surface area contributed by atoms with Gasteiger partial charge in [-0.2, -0.15) is 0 Å². The summed E-state index contributed by atoms with van der Waals surface area (Å²) in [6, 6.07) is 27.3. The zero-order chi connectivity index (χ0) is 49.7. The highest BCUT2D eigenvalue weighted by Gasteiger charge is 2.26. The van der Waals surface area contributed by atoms with Crippen LogP contribution >= 0.6 is 0 Å². The number of aromatic nitrogens is 3. The number of hydrogen-bond donors (Lipinski definition) is 1. The van der Waals surface area contributed by atoms with Gasteiger partial charge >= 0.3 is 0 Å². The van der Waals surface area contributed by atoms with Crippen molar-refractivity contribution in [2.75, 3.05) is 0 Å². The van der Waals surface area contributed by atoms with E-state index in [-0.39, 0.29) is 39.4 Å². The number of benzene rings is 6. The predicted molar refractivity (Wildman–Crippen MR) is 253 cm³/mol. The summed E-state index contributed by atoms with van der Waals surface area (Å²) in [5, 5.41) is 11.9. The molecule has 0 saturated heterocycles. The van der Waals surface area contributed by atoms with Gasteiger partial charge in [0, 0.05) is 22.9 Å². The number of para-hydroxylation sites is 1. The Labute approximate surface area is 367 Å². The molecule has 4 heteroatoms. The highest BCUT2D eigenvalue weighted by Crippen LogP contribution is 2.43. The molecule has 6 aromatic carbocycles. The number of phenolic OH excluding ortho intramolecular Hbond substituents is 1. The van der Waals surface area contributed by atoms with Crippen LogP contribution < -0.4 is 0 Å². The molecule has 8 aromatic rings. The molecule has 1 N–H and O–H groups in total. The fraction of sp³-hybridized carbons (Fsp3) is 0.250. The van der Waals surface area contributed by atoms with Crippen LogP contribution in [0.1, 0.15) is 101 Å². The maximum Gasteiger partial charge on any atom is 0.149 e. The van der Waals surface area contributed by atoms with Crippen molar-refractivity contribution in [2.45, 2.75) is 92.4 Å². The van der Waals surface area contributed by atoms with Gasteiger partial charge in [-0.3, -0.25) is 9.55 Å². The van der Waals surface area contributed by atoms with Gasteiger partial charge in [-0.05, 0) is 123 Å². The van der Waals surface area contributed by atoms with Gasteiger partial charge in [-0.15, -0.1) is 0 Å². The average Bonchev–Trinajstić information content (AvgIpc) is 3.67. The second-order valence-electron chi connectivity index (χ2n) is 19.0. The van der Waals surface area contributed by atoms with E-state index in [1.54, 1.807) is 0 Å². The lowest BCUT2D eigenvalue weighted by atomic mass is 9.83. The van der Waals surface area contributed by atoms with Crippen LogP contribution in [0.2, 0.25) is 0 Å². The van der Waals surface area contributed by atoms with Crippen molar-refractivity contribution >= 4 is 11.0 Å². The molecule has 0 aliphatic carbocycles. The fourth-order valence-corrected chi connectivity index (χ4v) is 7.77. The molecular formula is C56H57N3O. The van der Waals surface area contributed by atoms with E-state index >= 15 is 0 Å². The minimum atomic E-state index is -0.599. The first-order valence-corrected chi connectivity index (χ1v) is 20.5. The van der Waals surface area contributed by atoms with E-state index in [0.29, 0.717) is 22.5 Å². The largest absolute Gasteiger partial charge is 0.507 e. The first-order valence-electron chi connectivity index (χ1n) is 24.5. The molecule has 0 spiro atoms. The quantitative estimate of drug-likeness (QED) is 0.182. The standard InChI is InChI=1S/C56H57N3O/c1-35-28-36(2)52(60)47(29-35)53-58-51-46(40-30-41(32-44(31-40)56(9,10)11)48-33-39(26-27-57-48)37-16-13-12-14-17-37)18-15-19-49(51)59(53)50-34-43(55(6,7)8)24-25-45(50)38-20-22-42(23-21-38)54(3,4)5/h12-34,60H,1-11H3/i12D,13D,14D,16D,17D,26D,27D,33D. The van der Waals surface area contributed by atoms with Crippen molar-refractivity contribution < 1.29 is 16.1 Å². The highest BCUT2D eigenvalue weighted by molar-refractivity contribution is 5.98. The summed E-state index contributed by atoms with van der Waals surface area (Å²) in [7, 11) is 0. The zero-order valence-corrected chi connectivity index (χ0v) is 36.4. The van der Waals surface area contributed by atoms with E-state index in [0.717, 1.165) is 55.7 Å². The molecule has 0 aliphatic heterocycles. The smallest absolute Gasteiger partial charge is 0.149 e. The third-order valence-electron chi connectivity index (χ3n) is 11.3. The van der Waals surface area contributed by atoms with Crippen molar-refractivity contribution in [3.63, 3.8) is 0 Å². The van der Waals surface area contributed by atoms with Crippen molar-refractivity contribution in [1.82, 2.24) is 14.5 Å². The Balaban J connectivity index is 1.46. The van der Waals surface area contributed by atoms with E-state index in [4.69, 9.17) is 14.6 Å². The number of pyridine rings is 1. The lowest BCUT2D eigenvalue weighted by Crippen LogP contribution is -2.13. The van der Waals surface area contributed by atoms with Crippen LogP contribution in [0, 0.1) is 13.8 Å². The van der Waals surface area contributed by atoms with Gasteiger partial charge in [0.1, 0.15) is 11.6 Å². The van der Waals surface area contributed by atoms with Crippen LogP contribution in [-0.4, -0.2) is 19.6 Å². The van der Waals surface area contributed by atoms with Gasteiger partial charge in [-0.25, -0.2) is 4.98 Å².